The Morgan fingerprint density at radius 1 is 1.42 bits per heavy atom. The number of nitrogens with zero attached hydrogens (tertiary/aromatic N) is 2. The molecule has 104 valence electrons. The molecule has 1 amide bonds. The molecule has 0 spiro atoms. The molecule has 2 heterocycles. The molecule has 1 aliphatic heterocycles. The van der Waals surface area contributed by atoms with Crippen LogP contribution in [0.4, 0.5) is 13.2 Å². The fraction of sp³-hybridized carbons (Fsp3) is 0.500. The number of alkyl halides is 3. The monoisotopic (exact) mass is 274 g/mol. The first-order valence-corrected chi connectivity index (χ1v) is 5.77. The summed E-state index contributed by atoms with van der Waals surface area (Å²) in [5.74, 6) is 0. The number of rotatable bonds is 2. The molecule has 2 unspecified atom stereocenters. The van der Waals surface area contributed by atoms with Crippen LogP contribution in [0.5, 0.6) is 0 Å². The van der Waals surface area contributed by atoms with E-state index in [1.165, 1.54) is 11.0 Å². The van der Waals surface area contributed by atoms with Gasteiger partial charge in [-0.15, -0.1) is 0 Å². The minimum Gasteiger partial charge on any atom is -0.377 e. The molecule has 1 saturated heterocycles. The van der Waals surface area contributed by atoms with Crippen LogP contribution in [-0.4, -0.2) is 35.5 Å². The molecule has 2 rings (SSSR count). The lowest BCUT2D eigenvalue weighted by molar-refractivity contribution is -0.138. The van der Waals surface area contributed by atoms with Gasteiger partial charge in [-0.2, -0.15) is 13.2 Å². The van der Waals surface area contributed by atoms with Gasteiger partial charge in [-0.05, 0) is 19.1 Å². The van der Waals surface area contributed by atoms with E-state index in [1.807, 2.05) is 6.92 Å². The predicted molar refractivity (Wildman–Crippen MR) is 60.2 cm³/mol. The summed E-state index contributed by atoms with van der Waals surface area (Å²) in [5, 5.41) is 0. The molecule has 0 saturated carbocycles. The molecule has 19 heavy (non-hydrogen) atoms. The number of hydrogen-bond donors (Lipinski definition) is 0. The standard InChI is InChI=1S/C12H13F3N2O2/c1-8-5-19-6-11(17(8)7-18)10-3-2-9(4-16-10)12(13,14)15/h2-4,7-8,11H,5-6H2,1H3. The van der Waals surface area contributed by atoms with E-state index in [2.05, 4.69) is 4.98 Å². The Morgan fingerprint density at radius 2 is 2.16 bits per heavy atom. The van der Waals surface area contributed by atoms with Gasteiger partial charge >= 0.3 is 6.18 Å². The number of aromatic nitrogens is 1. The van der Waals surface area contributed by atoms with Crippen molar-refractivity contribution in [3.05, 3.63) is 29.6 Å². The third-order valence-corrected chi connectivity index (χ3v) is 3.08. The second-order valence-electron chi connectivity index (χ2n) is 4.42. The van der Waals surface area contributed by atoms with Gasteiger partial charge in [0.05, 0.1) is 36.6 Å². The second-order valence-corrected chi connectivity index (χ2v) is 4.42. The lowest BCUT2D eigenvalue weighted by Crippen LogP contribution is -2.45. The SMILES string of the molecule is CC1COCC(c2ccc(C(F)(F)F)cn2)N1C=O. The number of carbonyl (C=O) groups is 1. The predicted octanol–water partition coefficient (Wildman–Crippen LogP) is 2.02. The molecule has 0 radical (unpaired) electrons. The molecule has 7 heteroatoms. The molecule has 2 atom stereocenters. The number of pyridine rings is 1. The number of morpholine rings is 1. The fourth-order valence-electron chi connectivity index (χ4n) is 2.02. The molecule has 4 nitrogen and oxygen atoms in total. The van der Waals surface area contributed by atoms with E-state index in [9.17, 15) is 18.0 Å². The van der Waals surface area contributed by atoms with E-state index in [0.29, 0.717) is 18.7 Å². The summed E-state index contributed by atoms with van der Waals surface area (Å²) in [5.41, 5.74) is -0.412. The number of hydrogen-bond acceptors (Lipinski definition) is 3. The summed E-state index contributed by atoms with van der Waals surface area (Å²) in [7, 11) is 0. The van der Waals surface area contributed by atoms with Gasteiger partial charge in [0, 0.05) is 6.20 Å². The van der Waals surface area contributed by atoms with Crippen molar-refractivity contribution < 1.29 is 22.7 Å². The Balaban J connectivity index is 2.23. The maximum Gasteiger partial charge on any atom is 0.417 e. The van der Waals surface area contributed by atoms with Gasteiger partial charge in [0.25, 0.3) is 0 Å². The molecule has 0 aliphatic carbocycles. The summed E-state index contributed by atoms with van der Waals surface area (Å²) in [6.45, 7) is 2.46. The van der Waals surface area contributed by atoms with Gasteiger partial charge in [-0.3, -0.25) is 9.78 Å². The summed E-state index contributed by atoms with van der Waals surface area (Å²) in [6, 6.07) is 1.68. The number of carbonyl (C=O) groups excluding carboxylic acids is 1. The van der Waals surface area contributed by atoms with E-state index in [0.717, 1.165) is 12.3 Å². The molecule has 0 N–H and O–H groups in total. The normalized spacial score (nSPS) is 24.3. The quantitative estimate of drug-likeness (QED) is 0.775. The van der Waals surface area contributed by atoms with Gasteiger partial charge in [-0.1, -0.05) is 0 Å². The highest BCUT2D eigenvalue weighted by Crippen LogP contribution is 2.30. The molecule has 1 aromatic heterocycles. The lowest BCUT2D eigenvalue weighted by Gasteiger charge is -2.37. The van der Waals surface area contributed by atoms with Gasteiger partial charge in [-0.25, -0.2) is 0 Å². The van der Waals surface area contributed by atoms with Crippen molar-refractivity contribution in [3.8, 4) is 0 Å². The summed E-state index contributed by atoms with van der Waals surface area (Å²) in [6.07, 6.45) is -2.96. The van der Waals surface area contributed by atoms with Gasteiger partial charge in [0.2, 0.25) is 6.41 Å². The first kappa shape index (κ1) is 13.8. The zero-order valence-corrected chi connectivity index (χ0v) is 10.2. The smallest absolute Gasteiger partial charge is 0.377 e. The summed E-state index contributed by atoms with van der Waals surface area (Å²) in [4.78, 5) is 16.4. The Morgan fingerprint density at radius 3 is 2.68 bits per heavy atom. The average molecular weight is 274 g/mol. The van der Waals surface area contributed by atoms with Crippen molar-refractivity contribution in [1.29, 1.82) is 0 Å². The number of halogens is 3. The van der Waals surface area contributed by atoms with Crippen LogP contribution < -0.4 is 0 Å². The Kier molecular flexibility index (Phi) is 3.75. The van der Waals surface area contributed by atoms with Crippen LogP contribution in [0.1, 0.15) is 24.2 Å². The van der Waals surface area contributed by atoms with Crippen LogP contribution in [-0.2, 0) is 15.7 Å². The van der Waals surface area contributed by atoms with Crippen molar-refractivity contribution in [1.82, 2.24) is 9.88 Å². The van der Waals surface area contributed by atoms with Crippen LogP contribution in [0.2, 0.25) is 0 Å². The first-order valence-electron chi connectivity index (χ1n) is 5.77. The highest BCUT2D eigenvalue weighted by molar-refractivity contribution is 5.49. The maximum atomic E-state index is 12.4. The van der Waals surface area contributed by atoms with Crippen LogP contribution in [0, 0.1) is 0 Å². The fourth-order valence-corrected chi connectivity index (χ4v) is 2.02. The maximum absolute atomic E-state index is 12.4. The van der Waals surface area contributed by atoms with E-state index in [1.54, 1.807) is 0 Å². The average Bonchev–Trinajstić information content (AvgIpc) is 2.37. The van der Waals surface area contributed by atoms with Gasteiger partial charge in [0.1, 0.15) is 0 Å². The van der Waals surface area contributed by atoms with Crippen LogP contribution >= 0.6 is 0 Å². The van der Waals surface area contributed by atoms with E-state index in [4.69, 9.17) is 4.74 Å². The van der Waals surface area contributed by atoms with Crippen LogP contribution in [0.15, 0.2) is 18.3 Å². The zero-order chi connectivity index (χ0) is 14.0. The largest absolute Gasteiger partial charge is 0.417 e. The van der Waals surface area contributed by atoms with Crippen molar-refractivity contribution in [2.45, 2.75) is 25.2 Å². The van der Waals surface area contributed by atoms with Gasteiger partial charge in [0.15, 0.2) is 0 Å². The van der Waals surface area contributed by atoms with E-state index < -0.39 is 17.8 Å². The van der Waals surface area contributed by atoms with E-state index in [-0.39, 0.29) is 12.6 Å². The Hall–Kier alpha value is -1.63. The minimum atomic E-state index is -4.41. The highest BCUT2D eigenvalue weighted by atomic mass is 19.4. The number of ether oxygens (including phenoxy) is 1. The van der Waals surface area contributed by atoms with Crippen molar-refractivity contribution >= 4 is 6.41 Å². The van der Waals surface area contributed by atoms with Crippen LogP contribution in [0.3, 0.4) is 0 Å². The summed E-state index contributed by atoms with van der Waals surface area (Å²) < 4.78 is 42.6. The zero-order valence-electron chi connectivity index (χ0n) is 10.2. The van der Waals surface area contributed by atoms with Gasteiger partial charge < -0.3 is 9.64 Å². The Labute approximate surface area is 108 Å². The van der Waals surface area contributed by atoms with Crippen LogP contribution in [0.25, 0.3) is 0 Å². The molecule has 0 bridgehead atoms. The van der Waals surface area contributed by atoms with E-state index >= 15 is 0 Å². The second kappa shape index (κ2) is 5.16. The first-order chi connectivity index (χ1) is 8.93. The molecular formula is C12H13F3N2O2. The Bertz CT molecular complexity index is 447. The molecular weight excluding hydrogens is 261 g/mol. The summed E-state index contributed by atoms with van der Waals surface area (Å²) >= 11 is 0. The van der Waals surface area contributed by atoms with Crippen molar-refractivity contribution in [2.75, 3.05) is 13.2 Å². The minimum absolute atomic E-state index is 0.125. The third-order valence-electron chi connectivity index (χ3n) is 3.08. The lowest BCUT2D eigenvalue weighted by atomic mass is 10.1. The topological polar surface area (TPSA) is 42.4 Å². The molecule has 1 aromatic rings. The van der Waals surface area contributed by atoms with Crippen molar-refractivity contribution in [2.24, 2.45) is 0 Å². The molecule has 0 aromatic carbocycles. The molecule has 1 fully saturated rings. The molecule has 1 aliphatic rings. The highest BCUT2D eigenvalue weighted by Gasteiger charge is 2.33. The number of amides is 1. The van der Waals surface area contributed by atoms with Crippen molar-refractivity contribution in [3.63, 3.8) is 0 Å². The third kappa shape index (κ3) is 2.86.